The van der Waals surface area contributed by atoms with Crippen molar-refractivity contribution < 1.29 is 18.3 Å². The molecule has 0 aliphatic rings. The van der Waals surface area contributed by atoms with E-state index in [1.165, 1.54) is 16.6 Å². The van der Waals surface area contributed by atoms with Crippen molar-refractivity contribution in [2.45, 2.75) is 25.3 Å². The van der Waals surface area contributed by atoms with Crippen molar-refractivity contribution in [1.82, 2.24) is 9.29 Å². The number of likely N-dealkylation sites (N-methyl/N-ethyl adjacent to an activating group) is 1. The largest absolute Gasteiger partial charge is 0.390 e. The molecule has 0 unspecified atom stereocenters. The van der Waals surface area contributed by atoms with Gasteiger partial charge in [0, 0.05) is 31.6 Å². The second-order valence-corrected chi connectivity index (χ2v) is 5.65. The van der Waals surface area contributed by atoms with E-state index >= 15 is 0 Å². The van der Waals surface area contributed by atoms with E-state index in [-0.39, 0.29) is 11.5 Å². The maximum absolute atomic E-state index is 12.3. The van der Waals surface area contributed by atoms with Gasteiger partial charge in [0.1, 0.15) is 0 Å². The molecule has 0 fully saturated rings. The van der Waals surface area contributed by atoms with Crippen molar-refractivity contribution in [1.29, 1.82) is 0 Å². The number of nitrogens with zero attached hydrogens (tertiary/aromatic N) is 1. The van der Waals surface area contributed by atoms with Crippen LogP contribution in [0.15, 0.2) is 17.2 Å². The van der Waals surface area contributed by atoms with Crippen LogP contribution in [0.2, 0.25) is 0 Å². The first-order chi connectivity index (χ1) is 8.56. The van der Waals surface area contributed by atoms with Crippen LogP contribution in [0.25, 0.3) is 0 Å². The Balaban J connectivity index is 2.82. The van der Waals surface area contributed by atoms with Crippen LogP contribution in [0.1, 0.15) is 19.5 Å². The van der Waals surface area contributed by atoms with Gasteiger partial charge in [0.25, 0.3) is 0 Å². The van der Waals surface area contributed by atoms with E-state index in [1.807, 2.05) is 6.92 Å². The third-order valence-electron chi connectivity index (χ3n) is 2.57. The van der Waals surface area contributed by atoms with E-state index in [0.717, 1.165) is 0 Å². The number of nitrogens with one attached hydrogen (secondary N) is 1. The van der Waals surface area contributed by atoms with Gasteiger partial charge in [0.2, 0.25) is 10.0 Å². The highest BCUT2D eigenvalue weighted by atomic mass is 32.2. The third-order valence-corrected chi connectivity index (χ3v) is 4.52. The maximum atomic E-state index is 12.3. The quantitative estimate of drug-likeness (QED) is 0.679. The van der Waals surface area contributed by atoms with Crippen molar-refractivity contribution in [3.63, 3.8) is 0 Å². The monoisotopic (exact) mass is 276 g/mol. The Hall–Kier alpha value is -0.890. The molecular formula is C11H20N2O4S. The molecule has 0 radical (unpaired) electrons. The minimum absolute atomic E-state index is 0.171. The molecule has 1 rings (SSSR count). The Morgan fingerprint density at radius 3 is 2.67 bits per heavy atom. The summed E-state index contributed by atoms with van der Waals surface area (Å²) < 4.78 is 31.0. The van der Waals surface area contributed by atoms with E-state index in [0.29, 0.717) is 32.0 Å². The first-order valence-corrected chi connectivity index (χ1v) is 7.36. The van der Waals surface area contributed by atoms with Crippen molar-refractivity contribution in [2.75, 3.05) is 26.3 Å². The molecule has 0 aromatic carbocycles. The fourth-order valence-corrected chi connectivity index (χ4v) is 3.02. The van der Waals surface area contributed by atoms with Gasteiger partial charge in [-0.1, -0.05) is 6.92 Å². The molecule has 18 heavy (non-hydrogen) atoms. The van der Waals surface area contributed by atoms with Gasteiger partial charge >= 0.3 is 0 Å². The lowest BCUT2D eigenvalue weighted by molar-refractivity contribution is 0.135. The number of aromatic amines is 1. The summed E-state index contributed by atoms with van der Waals surface area (Å²) in [6.45, 7) is 5.09. The van der Waals surface area contributed by atoms with E-state index in [2.05, 4.69) is 4.98 Å². The molecule has 0 aliphatic carbocycles. The number of sulfonamides is 1. The molecule has 0 spiro atoms. The molecule has 0 atom stereocenters. The third kappa shape index (κ3) is 3.55. The molecule has 0 aliphatic heterocycles. The number of H-pyrrole nitrogens is 1. The number of aliphatic hydroxyl groups is 1. The number of aromatic nitrogens is 1. The SMILES string of the molecule is CCOCCN(CC)S(=O)(=O)c1c[nH]c(CO)c1. The first kappa shape index (κ1) is 15.2. The summed E-state index contributed by atoms with van der Waals surface area (Å²) in [6, 6.07) is 1.44. The van der Waals surface area contributed by atoms with E-state index < -0.39 is 10.0 Å². The highest BCUT2D eigenvalue weighted by Gasteiger charge is 2.23. The molecule has 1 heterocycles. The standard InChI is InChI=1S/C11H20N2O4S/c1-3-13(5-6-17-4-2)18(15,16)11-7-10(9-14)12-8-11/h7-8,12,14H,3-6,9H2,1-2H3. The Labute approximate surface area is 108 Å². The summed E-state index contributed by atoms with van der Waals surface area (Å²) in [5, 5.41) is 8.93. The molecular weight excluding hydrogens is 256 g/mol. The highest BCUT2D eigenvalue weighted by molar-refractivity contribution is 7.89. The molecule has 6 nitrogen and oxygen atoms in total. The second-order valence-electron chi connectivity index (χ2n) is 3.71. The Morgan fingerprint density at radius 1 is 1.44 bits per heavy atom. The van der Waals surface area contributed by atoms with Crippen molar-refractivity contribution >= 4 is 10.0 Å². The van der Waals surface area contributed by atoms with Gasteiger partial charge in [-0.25, -0.2) is 8.42 Å². The number of aliphatic hydroxyl groups excluding tert-OH is 1. The van der Waals surface area contributed by atoms with Gasteiger partial charge in [-0.2, -0.15) is 4.31 Å². The van der Waals surface area contributed by atoms with Gasteiger partial charge < -0.3 is 14.8 Å². The van der Waals surface area contributed by atoms with Crippen LogP contribution in [0, 0.1) is 0 Å². The van der Waals surface area contributed by atoms with Crippen molar-refractivity contribution in [3.05, 3.63) is 18.0 Å². The zero-order valence-electron chi connectivity index (χ0n) is 10.7. The molecule has 0 amide bonds. The Kier molecular flexibility index (Phi) is 5.80. The summed E-state index contributed by atoms with van der Waals surface area (Å²) in [7, 11) is -3.51. The van der Waals surface area contributed by atoms with Crippen LogP contribution in [0.5, 0.6) is 0 Å². The average molecular weight is 276 g/mol. The van der Waals surface area contributed by atoms with E-state index in [4.69, 9.17) is 9.84 Å². The zero-order valence-corrected chi connectivity index (χ0v) is 11.5. The predicted molar refractivity (Wildman–Crippen MR) is 67.6 cm³/mol. The summed E-state index contributed by atoms with van der Waals surface area (Å²) >= 11 is 0. The lowest BCUT2D eigenvalue weighted by Gasteiger charge is -2.19. The van der Waals surface area contributed by atoms with Crippen molar-refractivity contribution in [3.8, 4) is 0 Å². The molecule has 7 heteroatoms. The topological polar surface area (TPSA) is 82.6 Å². The molecule has 0 bridgehead atoms. The van der Waals surface area contributed by atoms with Gasteiger partial charge in [-0.3, -0.25) is 0 Å². The van der Waals surface area contributed by atoms with Crippen LogP contribution in [-0.4, -0.2) is 49.1 Å². The summed E-state index contributed by atoms with van der Waals surface area (Å²) in [5.41, 5.74) is 0.481. The molecule has 1 aromatic rings. The van der Waals surface area contributed by atoms with Crippen LogP contribution in [-0.2, 0) is 21.4 Å². The van der Waals surface area contributed by atoms with Crippen molar-refractivity contribution in [2.24, 2.45) is 0 Å². The predicted octanol–water partition coefficient (Wildman–Crippen LogP) is 0.554. The number of rotatable bonds is 8. The Morgan fingerprint density at radius 2 is 2.17 bits per heavy atom. The van der Waals surface area contributed by atoms with Crippen LogP contribution in [0.3, 0.4) is 0 Å². The minimum atomic E-state index is -3.51. The minimum Gasteiger partial charge on any atom is -0.390 e. The van der Waals surface area contributed by atoms with Crippen LogP contribution in [0.4, 0.5) is 0 Å². The number of hydrogen-bond donors (Lipinski definition) is 2. The second kappa shape index (κ2) is 6.89. The van der Waals surface area contributed by atoms with Crippen LogP contribution < -0.4 is 0 Å². The maximum Gasteiger partial charge on any atom is 0.244 e. The molecule has 2 N–H and O–H groups in total. The van der Waals surface area contributed by atoms with E-state index in [1.54, 1.807) is 6.92 Å². The average Bonchev–Trinajstić information content (AvgIpc) is 2.83. The summed E-state index contributed by atoms with van der Waals surface area (Å²) in [4.78, 5) is 2.89. The number of hydrogen-bond acceptors (Lipinski definition) is 4. The lowest BCUT2D eigenvalue weighted by atomic mass is 10.5. The summed E-state index contributed by atoms with van der Waals surface area (Å²) in [5.74, 6) is 0. The van der Waals surface area contributed by atoms with Gasteiger partial charge in [0.05, 0.1) is 18.1 Å². The zero-order chi connectivity index (χ0) is 13.6. The van der Waals surface area contributed by atoms with Gasteiger partial charge in [-0.05, 0) is 13.0 Å². The summed E-state index contributed by atoms with van der Waals surface area (Å²) in [6.07, 6.45) is 1.39. The molecule has 0 saturated carbocycles. The highest BCUT2D eigenvalue weighted by Crippen LogP contribution is 2.16. The molecule has 104 valence electrons. The van der Waals surface area contributed by atoms with Gasteiger partial charge in [-0.15, -0.1) is 0 Å². The molecule has 0 saturated heterocycles. The van der Waals surface area contributed by atoms with Crippen LogP contribution >= 0.6 is 0 Å². The number of ether oxygens (including phenoxy) is 1. The van der Waals surface area contributed by atoms with Gasteiger partial charge in [0.15, 0.2) is 0 Å². The normalized spacial score (nSPS) is 12.2. The fourth-order valence-electron chi connectivity index (χ4n) is 1.57. The molecule has 1 aromatic heterocycles. The lowest BCUT2D eigenvalue weighted by Crippen LogP contribution is -2.33. The van der Waals surface area contributed by atoms with E-state index in [9.17, 15) is 8.42 Å². The Bertz CT molecular complexity index is 455. The smallest absolute Gasteiger partial charge is 0.244 e. The first-order valence-electron chi connectivity index (χ1n) is 5.92. The fraction of sp³-hybridized carbons (Fsp3) is 0.636.